The van der Waals surface area contributed by atoms with Crippen molar-refractivity contribution in [1.82, 2.24) is 0 Å². The predicted octanol–water partition coefficient (Wildman–Crippen LogP) is 5.96. The van der Waals surface area contributed by atoms with Gasteiger partial charge in [-0.25, -0.2) is 4.79 Å². The lowest BCUT2D eigenvalue weighted by atomic mass is 9.51. The summed E-state index contributed by atoms with van der Waals surface area (Å²) in [7, 11) is 0. The number of aromatic carboxylic acids is 1. The van der Waals surface area contributed by atoms with Crippen LogP contribution in [0.25, 0.3) is 0 Å². The third-order valence-corrected chi connectivity index (χ3v) is 11.3. The van der Waals surface area contributed by atoms with Gasteiger partial charge in [0.15, 0.2) is 11.5 Å². The summed E-state index contributed by atoms with van der Waals surface area (Å²) < 4.78 is 7.68. The van der Waals surface area contributed by atoms with Crippen molar-refractivity contribution in [3.8, 4) is 11.5 Å². The zero-order valence-electron chi connectivity index (χ0n) is 22.1. The van der Waals surface area contributed by atoms with Crippen LogP contribution in [0.3, 0.4) is 0 Å². The van der Waals surface area contributed by atoms with Crippen molar-refractivity contribution in [2.24, 2.45) is 22.7 Å². The van der Waals surface area contributed by atoms with Crippen molar-refractivity contribution in [1.29, 1.82) is 0 Å². The molecule has 210 valence electrons. The van der Waals surface area contributed by atoms with Crippen LogP contribution in [0, 0.1) is 26.2 Å². The van der Waals surface area contributed by atoms with Gasteiger partial charge >= 0.3 is 5.97 Å². The van der Waals surface area contributed by atoms with Crippen molar-refractivity contribution in [2.75, 3.05) is 5.32 Å². The number of nitrogens with one attached hydrogen (secondary N) is 1. The number of aromatic hydroxyl groups is 2. The second-order valence-electron chi connectivity index (χ2n) is 12.0. The molecule has 2 saturated carbocycles. The molecule has 4 fully saturated rings. The number of Topliss-reactive ketones (excluding diaryl/α,β-unsaturated/α-hetero) is 1. The number of ketones is 1. The molecule has 2 aromatic carbocycles. The van der Waals surface area contributed by atoms with Crippen molar-refractivity contribution in [2.45, 2.75) is 62.6 Å². The lowest BCUT2D eigenvalue weighted by Crippen LogP contribution is -2.57. The highest BCUT2D eigenvalue weighted by Crippen LogP contribution is 2.72. The van der Waals surface area contributed by atoms with Crippen LogP contribution < -0.4 is 5.32 Å². The standard InChI is InChI=1S/C30H30INO7S/c1-28(10-9-22(34)32-23-19(33)8-7-18(24(23)35)27(37)38)25-20-11-15-12-30(25,14-29(15,2)39-20)13-21(26(28)36)40-17-5-3-16(31)4-6-17/h3-8,13,15,20,25,33,35H,9-12,14H2,1-2H3,(H,32,34)(H,37,38)/t15-,20+,25+,28+,29+,30-/m1/s1. The predicted molar refractivity (Wildman–Crippen MR) is 157 cm³/mol. The van der Waals surface area contributed by atoms with E-state index in [0.29, 0.717) is 10.8 Å². The van der Waals surface area contributed by atoms with Gasteiger partial charge in [-0.15, -0.1) is 0 Å². The maximum atomic E-state index is 14.3. The number of hydrogen-bond donors (Lipinski definition) is 4. The summed E-state index contributed by atoms with van der Waals surface area (Å²) in [5, 5.41) is 32.3. The molecule has 3 aliphatic carbocycles. The van der Waals surface area contributed by atoms with Crippen LogP contribution in [0.2, 0.25) is 0 Å². The summed E-state index contributed by atoms with van der Waals surface area (Å²) in [4.78, 5) is 40.5. The van der Waals surface area contributed by atoms with Gasteiger partial charge in [-0.05, 0) is 103 Å². The number of amides is 1. The number of phenolic OH excluding ortho intramolecular Hbond substituents is 1. The number of halogens is 1. The molecule has 2 aromatic rings. The number of benzene rings is 2. The molecule has 40 heavy (non-hydrogen) atoms. The van der Waals surface area contributed by atoms with Gasteiger partial charge in [-0.2, -0.15) is 0 Å². The summed E-state index contributed by atoms with van der Waals surface area (Å²) in [5.74, 6) is -2.69. The van der Waals surface area contributed by atoms with Crippen LogP contribution in [0.15, 0.2) is 52.3 Å². The number of ether oxygens (including phenoxy) is 1. The average molecular weight is 676 g/mol. The number of carboxylic acids is 1. The van der Waals surface area contributed by atoms with Gasteiger partial charge in [0.1, 0.15) is 17.0 Å². The van der Waals surface area contributed by atoms with Crippen molar-refractivity contribution < 1.29 is 34.4 Å². The Balaban J connectivity index is 1.29. The van der Waals surface area contributed by atoms with Crippen LogP contribution in [-0.4, -0.2) is 44.7 Å². The Labute approximate surface area is 249 Å². The van der Waals surface area contributed by atoms with Crippen LogP contribution in [0.5, 0.6) is 11.5 Å². The fourth-order valence-corrected chi connectivity index (χ4v) is 9.43. The van der Waals surface area contributed by atoms with Crippen molar-refractivity contribution in [3.63, 3.8) is 0 Å². The number of anilines is 1. The monoisotopic (exact) mass is 675 g/mol. The number of carbonyl (C=O) groups excluding carboxylic acids is 2. The summed E-state index contributed by atoms with van der Waals surface area (Å²) in [6, 6.07) is 10.2. The Morgan fingerprint density at radius 1 is 1.15 bits per heavy atom. The quantitative estimate of drug-likeness (QED) is 0.209. The van der Waals surface area contributed by atoms with Crippen LogP contribution in [-0.2, 0) is 14.3 Å². The molecule has 4 N–H and O–H groups in total. The Morgan fingerprint density at radius 3 is 2.55 bits per heavy atom. The average Bonchev–Trinajstić information content (AvgIpc) is 3.25. The highest BCUT2D eigenvalue weighted by molar-refractivity contribution is 14.1. The number of phenols is 2. The molecular formula is C30H30INO7S. The van der Waals surface area contributed by atoms with Crippen molar-refractivity contribution >= 4 is 57.7 Å². The summed E-state index contributed by atoms with van der Waals surface area (Å²) in [6.45, 7) is 4.14. The maximum absolute atomic E-state index is 14.3. The van der Waals surface area contributed by atoms with Gasteiger partial charge in [0, 0.05) is 26.2 Å². The van der Waals surface area contributed by atoms with E-state index in [1.165, 1.54) is 11.8 Å². The lowest BCUT2D eigenvalue weighted by Gasteiger charge is -2.56. The fourth-order valence-electron chi connectivity index (χ4n) is 7.92. The first-order valence-electron chi connectivity index (χ1n) is 13.3. The number of carbonyl (C=O) groups is 3. The zero-order chi connectivity index (χ0) is 28.6. The fraction of sp³-hybridized carbons (Fsp3) is 0.433. The van der Waals surface area contributed by atoms with Gasteiger partial charge in [-0.1, -0.05) is 24.8 Å². The number of rotatable bonds is 7. The Bertz CT molecular complexity index is 1480. The minimum atomic E-state index is -1.39. The van der Waals surface area contributed by atoms with Gasteiger partial charge in [0.2, 0.25) is 5.91 Å². The molecule has 0 radical (unpaired) electrons. The molecule has 1 amide bonds. The molecule has 4 bridgehead atoms. The molecule has 7 rings (SSSR count). The highest BCUT2D eigenvalue weighted by atomic mass is 127. The van der Waals surface area contributed by atoms with E-state index < -0.39 is 34.4 Å². The molecule has 2 heterocycles. The molecule has 1 spiro atoms. The van der Waals surface area contributed by atoms with Gasteiger partial charge in [0.25, 0.3) is 0 Å². The largest absolute Gasteiger partial charge is 0.506 e. The van der Waals surface area contributed by atoms with E-state index in [4.69, 9.17) is 4.74 Å². The van der Waals surface area contributed by atoms with E-state index in [2.05, 4.69) is 40.9 Å². The van der Waals surface area contributed by atoms with Gasteiger partial charge in [-0.3, -0.25) is 9.59 Å². The van der Waals surface area contributed by atoms with Gasteiger partial charge < -0.3 is 25.4 Å². The highest BCUT2D eigenvalue weighted by Gasteiger charge is 2.72. The molecule has 2 aliphatic heterocycles. The van der Waals surface area contributed by atoms with Crippen LogP contribution in [0.4, 0.5) is 5.69 Å². The molecule has 0 unspecified atom stereocenters. The SMILES string of the molecule is C[C@]12C[C@@]34C=C(Sc5ccc(I)cc5)C(=O)[C@@](C)(CCC(=O)Nc5c(O)ccc(C(=O)O)c5O)[C@@H]3[C@H](C[C@@H]1C4)O2. The van der Waals surface area contributed by atoms with E-state index >= 15 is 0 Å². The van der Waals surface area contributed by atoms with E-state index in [-0.39, 0.29) is 47.4 Å². The van der Waals surface area contributed by atoms with E-state index in [1.54, 1.807) is 0 Å². The van der Waals surface area contributed by atoms with E-state index in [0.717, 1.165) is 39.9 Å². The number of hydrogen-bond acceptors (Lipinski definition) is 7. The number of carboxylic acid groups (broad SMARTS) is 1. The first kappa shape index (κ1) is 27.6. The first-order chi connectivity index (χ1) is 18.8. The number of allylic oxidation sites excluding steroid dienone is 2. The van der Waals surface area contributed by atoms with Gasteiger partial charge in [0.05, 0.1) is 16.6 Å². The minimum absolute atomic E-state index is 0.000553. The van der Waals surface area contributed by atoms with Crippen molar-refractivity contribution in [3.05, 3.63) is 56.5 Å². The Morgan fingerprint density at radius 2 is 1.88 bits per heavy atom. The molecular weight excluding hydrogens is 645 g/mol. The maximum Gasteiger partial charge on any atom is 0.339 e. The minimum Gasteiger partial charge on any atom is -0.506 e. The Kier molecular flexibility index (Phi) is 6.54. The smallest absolute Gasteiger partial charge is 0.339 e. The normalized spacial score (nSPS) is 33.5. The Hall–Kier alpha value is -2.57. The molecule has 2 saturated heterocycles. The lowest BCUT2D eigenvalue weighted by molar-refractivity contribution is -0.169. The third kappa shape index (κ3) is 4.25. The third-order valence-electron chi connectivity index (χ3n) is 9.51. The van der Waals surface area contributed by atoms with Crippen LogP contribution in [0.1, 0.15) is 56.3 Å². The molecule has 6 atom stereocenters. The van der Waals surface area contributed by atoms with E-state index in [9.17, 15) is 29.7 Å². The molecule has 0 aromatic heterocycles. The second kappa shape index (κ2) is 9.49. The molecule has 10 heteroatoms. The number of thioether (sulfide) groups is 1. The second-order valence-corrected chi connectivity index (χ2v) is 14.4. The summed E-state index contributed by atoms with van der Waals surface area (Å²) >= 11 is 3.73. The topological polar surface area (TPSA) is 133 Å². The zero-order valence-corrected chi connectivity index (χ0v) is 25.0. The molecule has 8 nitrogen and oxygen atoms in total. The summed E-state index contributed by atoms with van der Waals surface area (Å²) in [5.41, 5.74) is -2.04. The van der Waals surface area contributed by atoms with E-state index in [1.807, 2.05) is 31.2 Å². The first-order valence-corrected chi connectivity index (χ1v) is 15.2. The van der Waals surface area contributed by atoms with Crippen LogP contribution >= 0.6 is 34.4 Å². The molecule has 5 aliphatic rings. The summed E-state index contributed by atoms with van der Waals surface area (Å²) in [6.07, 6.45) is 5.06.